The van der Waals surface area contributed by atoms with Gasteiger partial charge in [-0.25, -0.2) is 14.8 Å². The molecule has 1 amide bonds. The first-order valence-corrected chi connectivity index (χ1v) is 10.3. The van der Waals surface area contributed by atoms with Crippen LogP contribution in [0, 0.1) is 0 Å². The molecule has 3 heterocycles. The number of hydrogen-bond acceptors (Lipinski definition) is 8. The third-order valence-corrected chi connectivity index (χ3v) is 5.34. The highest BCUT2D eigenvalue weighted by Gasteiger charge is 2.49. The molecule has 4 atom stereocenters. The first-order chi connectivity index (χ1) is 14.8. The quantitative estimate of drug-likeness (QED) is 0.749. The van der Waals surface area contributed by atoms with Gasteiger partial charge in [-0.05, 0) is 30.3 Å². The smallest absolute Gasteiger partial charge is 0.412 e. The van der Waals surface area contributed by atoms with Crippen LogP contribution in [0.1, 0.15) is 26.5 Å². The van der Waals surface area contributed by atoms with Gasteiger partial charge in [0, 0.05) is 17.3 Å². The number of carbonyl (C=O) groups excluding carboxylic acids is 1. The van der Waals surface area contributed by atoms with Crippen molar-refractivity contribution in [2.45, 2.75) is 50.5 Å². The molecule has 0 bridgehead atoms. The van der Waals surface area contributed by atoms with Gasteiger partial charge in [-0.1, -0.05) is 20.8 Å². The predicted molar refractivity (Wildman–Crippen MR) is 115 cm³/mol. The Labute approximate surface area is 181 Å². The molecule has 0 spiro atoms. The summed E-state index contributed by atoms with van der Waals surface area (Å²) in [5, 5.41) is 6.02. The molecule has 9 nitrogen and oxygen atoms in total. The molecule has 2 saturated heterocycles. The van der Waals surface area contributed by atoms with Gasteiger partial charge in [0.1, 0.15) is 18.0 Å². The van der Waals surface area contributed by atoms with Gasteiger partial charge in [0.15, 0.2) is 6.10 Å². The Hall–Kier alpha value is -2.91. The predicted octanol–water partition coefficient (Wildman–Crippen LogP) is 2.98. The second-order valence-electron chi connectivity index (χ2n) is 8.66. The SMILES string of the molecule is COc1ccc(NC(=O)OC2COC3C(Nc4nccc(C(C)(C)C)n4)COC23)cc1. The molecule has 1 aromatic heterocycles. The van der Waals surface area contributed by atoms with E-state index in [1.54, 1.807) is 37.6 Å². The number of ether oxygens (including phenoxy) is 4. The number of amides is 1. The Balaban J connectivity index is 1.33. The highest BCUT2D eigenvalue weighted by atomic mass is 16.6. The molecule has 2 N–H and O–H groups in total. The minimum Gasteiger partial charge on any atom is -0.497 e. The van der Waals surface area contributed by atoms with Gasteiger partial charge in [0.25, 0.3) is 0 Å². The molecule has 2 aliphatic heterocycles. The average Bonchev–Trinajstić information content (AvgIpc) is 3.32. The largest absolute Gasteiger partial charge is 0.497 e. The number of carbonyl (C=O) groups is 1. The van der Waals surface area contributed by atoms with Crippen molar-refractivity contribution in [3.05, 3.63) is 42.2 Å². The fraction of sp³-hybridized carbons (Fsp3) is 0.500. The zero-order valence-electron chi connectivity index (χ0n) is 18.1. The Bertz CT molecular complexity index is 915. The van der Waals surface area contributed by atoms with Gasteiger partial charge in [-0.3, -0.25) is 5.32 Å². The zero-order valence-corrected chi connectivity index (χ0v) is 18.1. The Morgan fingerprint density at radius 3 is 2.55 bits per heavy atom. The van der Waals surface area contributed by atoms with Gasteiger partial charge in [-0.2, -0.15) is 0 Å². The molecule has 2 aliphatic rings. The van der Waals surface area contributed by atoms with Gasteiger partial charge in [0.05, 0.1) is 32.1 Å². The van der Waals surface area contributed by atoms with Crippen LogP contribution in [0.5, 0.6) is 5.75 Å². The lowest BCUT2D eigenvalue weighted by Gasteiger charge is -2.20. The summed E-state index contributed by atoms with van der Waals surface area (Å²) in [6.45, 7) is 7.00. The van der Waals surface area contributed by atoms with Gasteiger partial charge in [-0.15, -0.1) is 0 Å². The molecule has 4 unspecified atom stereocenters. The number of methoxy groups -OCH3 is 1. The van der Waals surface area contributed by atoms with Crippen molar-refractivity contribution in [2.75, 3.05) is 31.0 Å². The van der Waals surface area contributed by atoms with E-state index < -0.39 is 12.2 Å². The van der Waals surface area contributed by atoms with Crippen LogP contribution in [0.25, 0.3) is 0 Å². The summed E-state index contributed by atoms with van der Waals surface area (Å²) in [5.74, 6) is 1.24. The van der Waals surface area contributed by atoms with E-state index in [9.17, 15) is 4.79 Å². The second kappa shape index (κ2) is 8.68. The summed E-state index contributed by atoms with van der Waals surface area (Å²) < 4.78 is 22.4. The molecule has 31 heavy (non-hydrogen) atoms. The Morgan fingerprint density at radius 1 is 1.10 bits per heavy atom. The lowest BCUT2D eigenvalue weighted by atomic mass is 9.92. The van der Waals surface area contributed by atoms with Gasteiger partial charge < -0.3 is 24.3 Å². The minimum atomic E-state index is -0.555. The zero-order chi connectivity index (χ0) is 22.0. The van der Waals surface area contributed by atoms with E-state index in [4.69, 9.17) is 18.9 Å². The highest BCUT2D eigenvalue weighted by molar-refractivity contribution is 5.84. The van der Waals surface area contributed by atoms with E-state index in [1.807, 2.05) is 6.07 Å². The number of benzene rings is 1. The Kier molecular flexibility index (Phi) is 5.97. The van der Waals surface area contributed by atoms with E-state index in [1.165, 1.54) is 0 Å². The van der Waals surface area contributed by atoms with E-state index in [-0.39, 0.29) is 30.3 Å². The third-order valence-electron chi connectivity index (χ3n) is 5.34. The first kappa shape index (κ1) is 21.3. The van der Waals surface area contributed by atoms with Crippen molar-refractivity contribution in [2.24, 2.45) is 0 Å². The van der Waals surface area contributed by atoms with Crippen LogP contribution in [0.4, 0.5) is 16.4 Å². The standard InChI is InChI=1S/C22H28N4O5/c1-22(2,3)17-9-10-23-20(26-17)25-15-11-29-19-16(12-30-18(15)19)31-21(27)24-13-5-7-14(28-4)8-6-13/h5-10,15-16,18-19H,11-12H2,1-4H3,(H,24,27)(H,23,25,26). The molecule has 0 radical (unpaired) electrons. The number of fused-ring (bicyclic) bond motifs is 1. The lowest BCUT2D eigenvalue weighted by Crippen LogP contribution is -2.38. The molecule has 166 valence electrons. The molecule has 0 aliphatic carbocycles. The van der Waals surface area contributed by atoms with Crippen molar-refractivity contribution in [3.63, 3.8) is 0 Å². The van der Waals surface area contributed by atoms with Crippen LogP contribution in [0.3, 0.4) is 0 Å². The number of nitrogens with zero attached hydrogens (tertiary/aromatic N) is 2. The normalized spacial score (nSPS) is 25.0. The van der Waals surface area contributed by atoms with Crippen molar-refractivity contribution in [3.8, 4) is 5.75 Å². The van der Waals surface area contributed by atoms with Crippen LogP contribution in [-0.4, -0.2) is 60.7 Å². The maximum atomic E-state index is 12.3. The molecule has 1 aromatic carbocycles. The molecule has 9 heteroatoms. The molecule has 0 saturated carbocycles. The lowest BCUT2D eigenvalue weighted by molar-refractivity contribution is 0.00916. The highest BCUT2D eigenvalue weighted by Crippen LogP contribution is 2.31. The van der Waals surface area contributed by atoms with Gasteiger partial charge in [0.2, 0.25) is 5.95 Å². The monoisotopic (exact) mass is 428 g/mol. The summed E-state index contributed by atoms with van der Waals surface area (Å²) in [7, 11) is 1.59. The van der Waals surface area contributed by atoms with Gasteiger partial charge >= 0.3 is 6.09 Å². The fourth-order valence-electron chi connectivity index (χ4n) is 3.66. The van der Waals surface area contributed by atoms with Crippen LogP contribution in [0.15, 0.2) is 36.5 Å². The Morgan fingerprint density at radius 2 is 1.84 bits per heavy atom. The molecule has 4 rings (SSSR count). The fourth-order valence-corrected chi connectivity index (χ4v) is 3.66. The number of aromatic nitrogens is 2. The van der Waals surface area contributed by atoms with Crippen molar-refractivity contribution in [1.82, 2.24) is 9.97 Å². The molecule has 2 aromatic rings. The number of nitrogens with one attached hydrogen (secondary N) is 2. The maximum absolute atomic E-state index is 12.3. The van der Waals surface area contributed by atoms with Crippen molar-refractivity contribution in [1.29, 1.82) is 0 Å². The average molecular weight is 428 g/mol. The van der Waals surface area contributed by atoms with E-state index >= 15 is 0 Å². The number of hydrogen-bond donors (Lipinski definition) is 2. The summed E-state index contributed by atoms with van der Waals surface area (Å²) in [5.41, 5.74) is 1.49. The maximum Gasteiger partial charge on any atom is 0.412 e. The van der Waals surface area contributed by atoms with Crippen LogP contribution >= 0.6 is 0 Å². The van der Waals surface area contributed by atoms with Crippen molar-refractivity contribution < 1.29 is 23.7 Å². The second-order valence-corrected chi connectivity index (χ2v) is 8.66. The topological polar surface area (TPSA) is 104 Å². The van der Waals surface area contributed by atoms with Crippen molar-refractivity contribution >= 4 is 17.7 Å². The molecular formula is C22H28N4O5. The van der Waals surface area contributed by atoms with Crippen LogP contribution in [-0.2, 0) is 19.6 Å². The molecule has 2 fully saturated rings. The van der Waals surface area contributed by atoms with E-state index in [0.29, 0.717) is 24.0 Å². The van der Waals surface area contributed by atoms with Crippen LogP contribution < -0.4 is 15.4 Å². The number of anilines is 2. The van der Waals surface area contributed by atoms with E-state index in [2.05, 4.69) is 41.4 Å². The van der Waals surface area contributed by atoms with Crippen LogP contribution in [0.2, 0.25) is 0 Å². The summed E-state index contributed by atoms with van der Waals surface area (Å²) >= 11 is 0. The third kappa shape index (κ3) is 4.88. The number of rotatable bonds is 5. The summed E-state index contributed by atoms with van der Waals surface area (Å²) in [4.78, 5) is 21.2. The first-order valence-electron chi connectivity index (χ1n) is 10.3. The molecular weight excluding hydrogens is 400 g/mol. The summed E-state index contributed by atoms with van der Waals surface area (Å²) in [6, 6.07) is 8.79. The van der Waals surface area contributed by atoms with E-state index in [0.717, 1.165) is 5.69 Å². The summed E-state index contributed by atoms with van der Waals surface area (Å²) in [6.07, 6.45) is 0.108. The minimum absolute atomic E-state index is 0.0753.